The molecule has 1 aliphatic rings. The van der Waals surface area contributed by atoms with Crippen molar-refractivity contribution in [3.05, 3.63) is 39.3 Å². The maximum Gasteiger partial charge on any atom is 0.305 e. The number of aliphatic imine (C=N–C) groups is 1. The molecule has 0 bridgehead atoms. The first kappa shape index (κ1) is 13.5. The van der Waals surface area contributed by atoms with Crippen LogP contribution in [0.3, 0.4) is 0 Å². The third kappa shape index (κ3) is 2.57. The first-order chi connectivity index (χ1) is 10.2. The molecule has 2 aromatic rings. The van der Waals surface area contributed by atoms with Crippen molar-refractivity contribution in [2.45, 2.75) is 6.17 Å². The van der Waals surface area contributed by atoms with Gasteiger partial charge in [-0.2, -0.15) is 0 Å². The van der Waals surface area contributed by atoms with E-state index in [-0.39, 0.29) is 11.0 Å². The number of hydrazine groups is 1. The van der Waals surface area contributed by atoms with E-state index in [0.717, 1.165) is 27.2 Å². The predicted molar refractivity (Wildman–Crippen MR) is 84.6 cm³/mol. The monoisotopic (exact) mass is 303 g/mol. The maximum absolute atomic E-state index is 11.3. The molecule has 9 heteroatoms. The molecule has 1 aromatic heterocycles. The van der Waals surface area contributed by atoms with Crippen LogP contribution in [-0.2, 0) is 0 Å². The molecule has 1 atom stereocenters. The lowest BCUT2D eigenvalue weighted by molar-refractivity contribution is 0.572. The van der Waals surface area contributed by atoms with E-state index in [9.17, 15) is 4.79 Å². The first-order valence-corrected chi connectivity index (χ1v) is 6.92. The zero-order valence-electron chi connectivity index (χ0n) is 10.8. The molecule has 0 spiro atoms. The predicted octanol–water partition coefficient (Wildman–Crippen LogP) is 0.284. The summed E-state index contributed by atoms with van der Waals surface area (Å²) in [7, 11) is 0. The number of benzene rings is 1. The summed E-state index contributed by atoms with van der Waals surface area (Å²) in [6.07, 6.45) is 2.31. The summed E-state index contributed by atoms with van der Waals surface area (Å²) in [4.78, 5) is 18.2. The molecule has 1 aliphatic heterocycles. The van der Waals surface area contributed by atoms with Crippen molar-refractivity contribution in [3.8, 4) is 0 Å². The van der Waals surface area contributed by atoms with Crippen molar-refractivity contribution < 1.29 is 0 Å². The lowest BCUT2D eigenvalue weighted by atomic mass is 10.2. The standard InChI is InChI=1S/C12H13N7OS/c13-4-7-10(15-5-16-11(7)19-14)17-6-1-2-8-9(3-6)21-12(20)18-8/h1-5,11,13,17,19H,14H2,(H,15,16)(H,18,20). The van der Waals surface area contributed by atoms with E-state index in [1.807, 2.05) is 18.2 Å². The summed E-state index contributed by atoms with van der Waals surface area (Å²) in [5, 5.41) is 13.5. The van der Waals surface area contributed by atoms with Crippen molar-refractivity contribution in [1.82, 2.24) is 15.7 Å². The molecular weight excluding hydrogens is 290 g/mol. The molecule has 0 saturated carbocycles. The number of hydrogen-bond acceptors (Lipinski definition) is 8. The van der Waals surface area contributed by atoms with Crippen LogP contribution in [0.4, 0.5) is 5.69 Å². The Morgan fingerprint density at radius 3 is 3.10 bits per heavy atom. The van der Waals surface area contributed by atoms with Gasteiger partial charge in [0, 0.05) is 11.9 Å². The molecule has 0 saturated heterocycles. The number of rotatable bonds is 4. The molecule has 0 amide bonds. The van der Waals surface area contributed by atoms with Gasteiger partial charge in [0.2, 0.25) is 0 Å². The highest BCUT2D eigenvalue weighted by atomic mass is 32.1. The van der Waals surface area contributed by atoms with Crippen LogP contribution in [0, 0.1) is 5.41 Å². The number of hydrogen-bond donors (Lipinski definition) is 6. The van der Waals surface area contributed by atoms with Crippen LogP contribution in [0.15, 0.2) is 39.4 Å². The second-order valence-corrected chi connectivity index (χ2v) is 5.34. The molecule has 0 aliphatic carbocycles. The van der Waals surface area contributed by atoms with E-state index in [2.05, 4.69) is 26.0 Å². The minimum atomic E-state index is -0.380. The number of nitrogens with one attached hydrogen (secondary N) is 5. The van der Waals surface area contributed by atoms with E-state index in [1.165, 1.54) is 12.6 Å². The van der Waals surface area contributed by atoms with Gasteiger partial charge in [-0.05, 0) is 18.2 Å². The average Bonchev–Trinajstić information content (AvgIpc) is 2.86. The third-order valence-corrected chi connectivity index (χ3v) is 3.87. The lowest BCUT2D eigenvalue weighted by Gasteiger charge is -2.23. The Bertz CT molecular complexity index is 803. The highest BCUT2D eigenvalue weighted by Crippen LogP contribution is 2.22. The highest BCUT2D eigenvalue weighted by molar-refractivity contribution is 7.16. The summed E-state index contributed by atoms with van der Waals surface area (Å²) in [5.74, 6) is 5.95. The van der Waals surface area contributed by atoms with Crippen molar-refractivity contribution in [2.24, 2.45) is 10.8 Å². The number of nitrogens with two attached hydrogens (primary N) is 1. The van der Waals surface area contributed by atoms with E-state index < -0.39 is 0 Å². The SMILES string of the molecule is N=CC1=C(Nc2ccc3[nH]c(=O)sc3c2)N=CNC1NN. The van der Waals surface area contributed by atoms with Gasteiger partial charge in [-0.25, -0.2) is 10.4 Å². The molecule has 7 N–H and O–H groups in total. The van der Waals surface area contributed by atoms with E-state index >= 15 is 0 Å². The molecule has 0 radical (unpaired) electrons. The summed E-state index contributed by atoms with van der Waals surface area (Å²) < 4.78 is 0.855. The van der Waals surface area contributed by atoms with Gasteiger partial charge in [0.15, 0.2) is 0 Å². The number of nitrogens with zero attached hydrogens (tertiary/aromatic N) is 1. The van der Waals surface area contributed by atoms with Gasteiger partial charge in [0.05, 0.1) is 22.1 Å². The minimum absolute atomic E-state index is 0.0890. The normalized spacial score (nSPS) is 17.9. The highest BCUT2D eigenvalue weighted by Gasteiger charge is 2.18. The number of H-pyrrole nitrogens is 1. The average molecular weight is 303 g/mol. The number of thiazole rings is 1. The van der Waals surface area contributed by atoms with Crippen molar-refractivity contribution in [1.29, 1.82) is 5.41 Å². The van der Waals surface area contributed by atoms with Crippen LogP contribution in [0.1, 0.15) is 0 Å². The molecule has 2 heterocycles. The molecule has 108 valence electrons. The Kier molecular flexibility index (Phi) is 3.52. The van der Waals surface area contributed by atoms with Crippen LogP contribution in [-0.4, -0.2) is 23.7 Å². The van der Waals surface area contributed by atoms with Gasteiger partial charge < -0.3 is 21.0 Å². The molecule has 21 heavy (non-hydrogen) atoms. The maximum atomic E-state index is 11.3. The Balaban J connectivity index is 1.96. The topological polar surface area (TPSA) is 131 Å². The number of fused-ring (bicyclic) bond motifs is 1. The number of anilines is 1. The second kappa shape index (κ2) is 5.48. The van der Waals surface area contributed by atoms with Gasteiger partial charge in [-0.3, -0.25) is 10.6 Å². The van der Waals surface area contributed by atoms with Crippen LogP contribution in [0.25, 0.3) is 10.2 Å². The fraction of sp³-hybridized carbons (Fsp3) is 0.0833. The Hall–Kier alpha value is -2.49. The minimum Gasteiger partial charge on any atom is -0.356 e. The summed E-state index contributed by atoms with van der Waals surface area (Å²) >= 11 is 1.14. The number of aromatic nitrogens is 1. The quantitative estimate of drug-likeness (QED) is 0.274. The Morgan fingerprint density at radius 1 is 1.48 bits per heavy atom. The van der Waals surface area contributed by atoms with E-state index in [4.69, 9.17) is 11.3 Å². The first-order valence-electron chi connectivity index (χ1n) is 6.10. The zero-order valence-corrected chi connectivity index (χ0v) is 11.6. The second-order valence-electron chi connectivity index (χ2n) is 4.32. The van der Waals surface area contributed by atoms with Crippen LogP contribution in [0.2, 0.25) is 0 Å². The van der Waals surface area contributed by atoms with E-state index in [0.29, 0.717) is 11.4 Å². The number of aromatic amines is 1. The van der Waals surface area contributed by atoms with Crippen LogP contribution in [0.5, 0.6) is 0 Å². The fourth-order valence-electron chi connectivity index (χ4n) is 2.03. The third-order valence-electron chi connectivity index (χ3n) is 3.03. The Morgan fingerprint density at radius 2 is 2.33 bits per heavy atom. The summed E-state index contributed by atoms with van der Waals surface area (Å²) in [5.41, 5.74) is 4.72. The smallest absolute Gasteiger partial charge is 0.305 e. The van der Waals surface area contributed by atoms with Crippen LogP contribution < -0.4 is 26.8 Å². The lowest BCUT2D eigenvalue weighted by Crippen LogP contribution is -2.49. The van der Waals surface area contributed by atoms with Crippen molar-refractivity contribution >= 4 is 39.8 Å². The molecule has 1 unspecified atom stereocenters. The van der Waals surface area contributed by atoms with Gasteiger partial charge in [0.1, 0.15) is 12.0 Å². The van der Waals surface area contributed by atoms with Crippen molar-refractivity contribution in [2.75, 3.05) is 5.32 Å². The molecule has 3 rings (SSSR count). The summed E-state index contributed by atoms with van der Waals surface area (Å²) in [6.45, 7) is 0. The molecule has 1 aromatic carbocycles. The van der Waals surface area contributed by atoms with Gasteiger partial charge >= 0.3 is 4.87 Å². The van der Waals surface area contributed by atoms with Gasteiger partial charge in [0.25, 0.3) is 0 Å². The summed E-state index contributed by atoms with van der Waals surface area (Å²) in [6, 6.07) is 5.51. The molecular formula is C12H13N7OS. The van der Waals surface area contributed by atoms with Crippen LogP contribution >= 0.6 is 11.3 Å². The molecule has 8 nitrogen and oxygen atoms in total. The Labute approximate surface area is 123 Å². The van der Waals surface area contributed by atoms with Gasteiger partial charge in [-0.15, -0.1) is 0 Å². The largest absolute Gasteiger partial charge is 0.356 e. The van der Waals surface area contributed by atoms with Crippen molar-refractivity contribution in [3.63, 3.8) is 0 Å². The zero-order chi connectivity index (χ0) is 14.8. The molecule has 0 fully saturated rings. The fourth-order valence-corrected chi connectivity index (χ4v) is 2.81. The van der Waals surface area contributed by atoms with E-state index in [1.54, 1.807) is 0 Å². The van der Waals surface area contributed by atoms with Gasteiger partial charge in [-0.1, -0.05) is 11.3 Å².